The standard InChI is InChI=1S/C11H16N2O4/c1-6(2)9(11(15)16)13-10(14)8-4-3-7(5-12)17-8/h3-4,6,9H,5,12H2,1-2H3,(H,13,14)(H,15,16)/t9-/m0/s1. The van der Waals surface area contributed by atoms with Gasteiger partial charge in [0.05, 0.1) is 6.54 Å². The van der Waals surface area contributed by atoms with Crippen LogP contribution in [0.2, 0.25) is 0 Å². The summed E-state index contributed by atoms with van der Waals surface area (Å²) in [6, 6.07) is 2.12. The van der Waals surface area contributed by atoms with Crippen molar-refractivity contribution >= 4 is 11.9 Å². The van der Waals surface area contributed by atoms with Crippen molar-refractivity contribution in [1.82, 2.24) is 5.32 Å². The number of amides is 1. The fraction of sp³-hybridized carbons (Fsp3) is 0.455. The van der Waals surface area contributed by atoms with Crippen molar-refractivity contribution in [1.29, 1.82) is 0 Å². The van der Waals surface area contributed by atoms with Crippen LogP contribution in [0.5, 0.6) is 0 Å². The Morgan fingerprint density at radius 1 is 1.47 bits per heavy atom. The van der Waals surface area contributed by atoms with Crippen molar-refractivity contribution in [2.75, 3.05) is 0 Å². The monoisotopic (exact) mass is 240 g/mol. The van der Waals surface area contributed by atoms with Crippen LogP contribution in [-0.4, -0.2) is 23.0 Å². The van der Waals surface area contributed by atoms with E-state index < -0.39 is 17.9 Å². The minimum Gasteiger partial charge on any atom is -0.480 e. The fourth-order valence-corrected chi connectivity index (χ4v) is 1.34. The maximum absolute atomic E-state index is 11.7. The Balaban J connectivity index is 2.73. The molecule has 0 unspecified atom stereocenters. The number of carboxylic acid groups (broad SMARTS) is 1. The van der Waals surface area contributed by atoms with Crippen molar-refractivity contribution < 1.29 is 19.1 Å². The van der Waals surface area contributed by atoms with E-state index in [1.54, 1.807) is 19.9 Å². The van der Waals surface area contributed by atoms with E-state index in [1.165, 1.54) is 6.07 Å². The molecule has 0 aliphatic heterocycles. The van der Waals surface area contributed by atoms with Gasteiger partial charge < -0.3 is 20.6 Å². The summed E-state index contributed by atoms with van der Waals surface area (Å²) >= 11 is 0. The Morgan fingerprint density at radius 2 is 2.12 bits per heavy atom. The van der Waals surface area contributed by atoms with Crippen molar-refractivity contribution in [3.8, 4) is 0 Å². The number of rotatable bonds is 5. The fourth-order valence-electron chi connectivity index (χ4n) is 1.34. The molecule has 1 amide bonds. The zero-order chi connectivity index (χ0) is 13.0. The van der Waals surface area contributed by atoms with E-state index >= 15 is 0 Å². The maximum Gasteiger partial charge on any atom is 0.326 e. The molecule has 1 aromatic rings. The lowest BCUT2D eigenvalue weighted by atomic mass is 10.0. The molecule has 0 saturated carbocycles. The van der Waals surface area contributed by atoms with E-state index in [0.29, 0.717) is 5.76 Å². The molecule has 1 atom stereocenters. The largest absolute Gasteiger partial charge is 0.480 e. The molecule has 4 N–H and O–H groups in total. The molecular formula is C11H16N2O4. The molecule has 1 aromatic heterocycles. The molecule has 0 spiro atoms. The molecule has 0 aromatic carbocycles. The van der Waals surface area contributed by atoms with E-state index in [-0.39, 0.29) is 18.2 Å². The summed E-state index contributed by atoms with van der Waals surface area (Å²) in [6.45, 7) is 3.62. The van der Waals surface area contributed by atoms with Crippen molar-refractivity contribution in [3.63, 3.8) is 0 Å². The van der Waals surface area contributed by atoms with Gasteiger partial charge in [-0.1, -0.05) is 13.8 Å². The second-order valence-corrected chi connectivity index (χ2v) is 4.00. The average molecular weight is 240 g/mol. The highest BCUT2D eigenvalue weighted by molar-refractivity contribution is 5.94. The third-order valence-corrected chi connectivity index (χ3v) is 2.31. The molecule has 0 aliphatic rings. The molecule has 94 valence electrons. The molecule has 0 fully saturated rings. The van der Waals surface area contributed by atoms with Gasteiger partial charge in [0.2, 0.25) is 0 Å². The summed E-state index contributed by atoms with van der Waals surface area (Å²) in [7, 11) is 0. The van der Waals surface area contributed by atoms with Gasteiger partial charge in [-0.25, -0.2) is 4.79 Å². The molecule has 1 heterocycles. The lowest BCUT2D eigenvalue weighted by Crippen LogP contribution is -2.44. The molecule has 6 nitrogen and oxygen atoms in total. The van der Waals surface area contributed by atoms with Crippen LogP contribution in [0.15, 0.2) is 16.5 Å². The summed E-state index contributed by atoms with van der Waals surface area (Å²) in [5.41, 5.74) is 5.34. The first-order valence-electron chi connectivity index (χ1n) is 5.28. The number of aliphatic carboxylic acids is 1. The number of carboxylic acids is 1. The molecule has 0 radical (unpaired) electrons. The topological polar surface area (TPSA) is 106 Å². The number of hydrogen-bond acceptors (Lipinski definition) is 4. The number of furan rings is 1. The third-order valence-electron chi connectivity index (χ3n) is 2.31. The van der Waals surface area contributed by atoms with E-state index in [2.05, 4.69) is 5.32 Å². The molecular weight excluding hydrogens is 224 g/mol. The van der Waals surface area contributed by atoms with Crippen LogP contribution >= 0.6 is 0 Å². The van der Waals surface area contributed by atoms with Gasteiger partial charge in [0.15, 0.2) is 5.76 Å². The van der Waals surface area contributed by atoms with Gasteiger partial charge in [-0.2, -0.15) is 0 Å². The van der Waals surface area contributed by atoms with Crippen molar-refractivity contribution in [3.05, 3.63) is 23.7 Å². The molecule has 0 saturated heterocycles. The smallest absolute Gasteiger partial charge is 0.326 e. The maximum atomic E-state index is 11.7. The highest BCUT2D eigenvalue weighted by atomic mass is 16.4. The summed E-state index contributed by atoms with van der Waals surface area (Å²) < 4.78 is 5.12. The molecule has 0 aliphatic carbocycles. The Morgan fingerprint density at radius 3 is 2.53 bits per heavy atom. The first-order valence-corrected chi connectivity index (χ1v) is 5.28. The zero-order valence-electron chi connectivity index (χ0n) is 9.77. The Bertz CT molecular complexity index is 411. The van der Waals surface area contributed by atoms with E-state index in [4.69, 9.17) is 15.3 Å². The Kier molecular flexibility index (Phi) is 4.28. The van der Waals surface area contributed by atoms with Crippen LogP contribution < -0.4 is 11.1 Å². The SMILES string of the molecule is CC(C)[C@H](NC(=O)c1ccc(CN)o1)C(=O)O. The first kappa shape index (κ1) is 13.2. The van der Waals surface area contributed by atoms with Gasteiger partial charge >= 0.3 is 5.97 Å². The normalized spacial score (nSPS) is 12.5. The predicted molar refractivity (Wildman–Crippen MR) is 60.3 cm³/mol. The number of carbonyl (C=O) groups is 2. The van der Waals surface area contributed by atoms with Gasteiger partial charge in [0.1, 0.15) is 11.8 Å². The van der Waals surface area contributed by atoms with Crippen LogP contribution in [-0.2, 0) is 11.3 Å². The third kappa shape index (κ3) is 3.32. The predicted octanol–water partition coefficient (Wildman–Crippen LogP) is 0.577. The number of nitrogens with two attached hydrogens (primary N) is 1. The van der Waals surface area contributed by atoms with Gasteiger partial charge in [-0.05, 0) is 18.1 Å². The van der Waals surface area contributed by atoms with E-state index in [1.807, 2.05) is 0 Å². The van der Waals surface area contributed by atoms with Crippen LogP contribution in [0.4, 0.5) is 0 Å². The minimum atomic E-state index is -1.07. The van der Waals surface area contributed by atoms with Crippen LogP contribution in [0.3, 0.4) is 0 Å². The highest BCUT2D eigenvalue weighted by Crippen LogP contribution is 2.09. The van der Waals surface area contributed by atoms with Crippen LogP contribution in [0.25, 0.3) is 0 Å². The van der Waals surface area contributed by atoms with Gasteiger partial charge in [0.25, 0.3) is 5.91 Å². The lowest BCUT2D eigenvalue weighted by molar-refractivity contribution is -0.140. The van der Waals surface area contributed by atoms with Gasteiger partial charge in [-0.3, -0.25) is 4.79 Å². The van der Waals surface area contributed by atoms with Crippen LogP contribution in [0, 0.1) is 5.92 Å². The summed E-state index contributed by atoms with van der Waals surface area (Å²) in [5.74, 6) is -1.28. The van der Waals surface area contributed by atoms with Crippen LogP contribution in [0.1, 0.15) is 30.2 Å². The summed E-state index contributed by atoms with van der Waals surface area (Å²) in [4.78, 5) is 22.6. The van der Waals surface area contributed by atoms with Gasteiger partial charge in [0, 0.05) is 0 Å². The van der Waals surface area contributed by atoms with E-state index in [9.17, 15) is 9.59 Å². The molecule has 6 heteroatoms. The molecule has 1 rings (SSSR count). The first-order chi connectivity index (χ1) is 7.95. The quantitative estimate of drug-likeness (QED) is 0.698. The Labute approximate surface area is 98.8 Å². The summed E-state index contributed by atoms with van der Waals surface area (Å²) in [5, 5.41) is 11.3. The molecule has 0 bridgehead atoms. The van der Waals surface area contributed by atoms with Crippen molar-refractivity contribution in [2.45, 2.75) is 26.4 Å². The van der Waals surface area contributed by atoms with E-state index in [0.717, 1.165) is 0 Å². The molecule has 17 heavy (non-hydrogen) atoms. The second kappa shape index (κ2) is 5.49. The number of carbonyl (C=O) groups excluding carboxylic acids is 1. The number of hydrogen-bond donors (Lipinski definition) is 3. The lowest BCUT2D eigenvalue weighted by Gasteiger charge is -2.16. The minimum absolute atomic E-state index is 0.0670. The average Bonchev–Trinajstić information content (AvgIpc) is 2.73. The second-order valence-electron chi connectivity index (χ2n) is 4.00. The van der Waals surface area contributed by atoms with Crippen molar-refractivity contribution in [2.24, 2.45) is 11.7 Å². The summed E-state index contributed by atoms with van der Waals surface area (Å²) in [6.07, 6.45) is 0. The Hall–Kier alpha value is -1.82. The number of nitrogens with one attached hydrogen (secondary N) is 1. The zero-order valence-corrected chi connectivity index (χ0v) is 9.77. The van der Waals surface area contributed by atoms with Gasteiger partial charge in [-0.15, -0.1) is 0 Å². The highest BCUT2D eigenvalue weighted by Gasteiger charge is 2.25.